The van der Waals surface area contributed by atoms with Gasteiger partial charge in [0.15, 0.2) is 0 Å². The van der Waals surface area contributed by atoms with Crippen molar-refractivity contribution < 1.29 is 9.21 Å². The Morgan fingerprint density at radius 2 is 2.33 bits per heavy atom. The molecule has 0 aliphatic carbocycles. The maximum atomic E-state index is 12.4. The molecule has 1 atom stereocenters. The van der Waals surface area contributed by atoms with Gasteiger partial charge >= 0.3 is 0 Å². The first-order valence-corrected chi connectivity index (χ1v) is 10.2. The molecule has 1 aliphatic heterocycles. The molecule has 0 saturated carbocycles. The summed E-state index contributed by atoms with van der Waals surface area (Å²) in [4.78, 5) is 18.9. The van der Waals surface area contributed by atoms with Crippen LogP contribution in [0.3, 0.4) is 0 Å². The number of nitrogens with zero attached hydrogens (tertiary/aromatic N) is 4. The van der Waals surface area contributed by atoms with Crippen LogP contribution in [0.5, 0.6) is 0 Å². The van der Waals surface area contributed by atoms with Crippen LogP contribution in [0.15, 0.2) is 15.0 Å². The van der Waals surface area contributed by atoms with E-state index in [4.69, 9.17) is 4.42 Å². The molecule has 24 heavy (non-hydrogen) atoms. The maximum Gasteiger partial charge on any atom is 0.277 e. The highest BCUT2D eigenvalue weighted by Crippen LogP contribution is 2.23. The molecule has 1 amide bonds. The molecule has 0 bridgehead atoms. The number of rotatable bonds is 6. The van der Waals surface area contributed by atoms with E-state index in [1.165, 1.54) is 18.2 Å². The molecule has 6 nitrogen and oxygen atoms in total. The van der Waals surface area contributed by atoms with Crippen molar-refractivity contribution in [3.8, 4) is 0 Å². The molecule has 2 aromatic rings. The van der Waals surface area contributed by atoms with Crippen molar-refractivity contribution >= 4 is 29.0 Å². The van der Waals surface area contributed by atoms with E-state index in [1.54, 1.807) is 11.3 Å². The zero-order valence-electron chi connectivity index (χ0n) is 14.0. The van der Waals surface area contributed by atoms with Crippen LogP contribution >= 0.6 is 23.1 Å². The molecule has 3 rings (SSSR count). The molecule has 2 aromatic heterocycles. The summed E-state index contributed by atoms with van der Waals surface area (Å²) in [5.74, 6) is 1.06. The molecule has 130 valence electrons. The lowest BCUT2D eigenvalue weighted by atomic mass is 10.0. The van der Waals surface area contributed by atoms with Gasteiger partial charge in [0, 0.05) is 18.0 Å². The number of aryl methyl sites for hydroxylation is 1. The Labute approximate surface area is 150 Å². The van der Waals surface area contributed by atoms with Crippen molar-refractivity contribution in [3.05, 3.63) is 22.0 Å². The van der Waals surface area contributed by atoms with Crippen LogP contribution in [-0.2, 0) is 11.2 Å². The standard InChI is InChI=1S/C16H22N4O2S2/c1-3-13-6-4-5-7-20(13)15(21)10-24-16-19-18-14(22-16)8-12-9-23-11(2)17-12/h9,13H,3-8,10H2,1-2H3. The molecular formula is C16H22N4O2S2. The number of amides is 1. The summed E-state index contributed by atoms with van der Waals surface area (Å²) in [6, 6.07) is 0.387. The van der Waals surface area contributed by atoms with Gasteiger partial charge < -0.3 is 9.32 Å². The monoisotopic (exact) mass is 366 g/mol. The first-order valence-electron chi connectivity index (χ1n) is 8.31. The first kappa shape index (κ1) is 17.4. The summed E-state index contributed by atoms with van der Waals surface area (Å²) in [5.41, 5.74) is 0.938. The minimum Gasteiger partial charge on any atom is -0.416 e. The Morgan fingerprint density at radius 3 is 3.08 bits per heavy atom. The molecule has 8 heteroatoms. The SMILES string of the molecule is CCC1CCCCN1C(=O)CSc1nnc(Cc2csc(C)n2)o1. The number of hydrogen-bond donors (Lipinski definition) is 0. The van der Waals surface area contributed by atoms with Crippen LogP contribution in [0.1, 0.15) is 49.2 Å². The number of piperidine rings is 1. The number of hydrogen-bond acceptors (Lipinski definition) is 7. The Morgan fingerprint density at radius 1 is 1.46 bits per heavy atom. The Hall–Kier alpha value is -1.41. The van der Waals surface area contributed by atoms with Crippen molar-refractivity contribution in [3.63, 3.8) is 0 Å². The molecule has 0 spiro atoms. The van der Waals surface area contributed by atoms with Crippen LogP contribution in [0.4, 0.5) is 0 Å². The fourth-order valence-electron chi connectivity index (χ4n) is 2.97. The topological polar surface area (TPSA) is 72.1 Å². The molecule has 1 fully saturated rings. The molecule has 0 radical (unpaired) electrons. The molecule has 0 aromatic carbocycles. The summed E-state index contributed by atoms with van der Waals surface area (Å²) in [6.45, 7) is 4.99. The lowest BCUT2D eigenvalue weighted by molar-refractivity contribution is -0.132. The largest absolute Gasteiger partial charge is 0.416 e. The van der Waals surface area contributed by atoms with Crippen LogP contribution in [0.25, 0.3) is 0 Å². The van der Waals surface area contributed by atoms with Crippen LogP contribution in [-0.4, -0.2) is 44.3 Å². The summed E-state index contributed by atoms with van der Waals surface area (Å²) >= 11 is 2.93. The predicted molar refractivity (Wildman–Crippen MR) is 94.3 cm³/mol. The minimum absolute atomic E-state index is 0.168. The third-order valence-electron chi connectivity index (χ3n) is 4.19. The second kappa shape index (κ2) is 8.11. The van der Waals surface area contributed by atoms with Gasteiger partial charge in [0.05, 0.1) is 22.9 Å². The lowest BCUT2D eigenvalue weighted by Crippen LogP contribution is -2.44. The van der Waals surface area contributed by atoms with Crippen molar-refractivity contribution in [1.29, 1.82) is 0 Å². The second-order valence-electron chi connectivity index (χ2n) is 5.93. The number of thioether (sulfide) groups is 1. The maximum absolute atomic E-state index is 12.4. The summed E-state index contributed by atoms with van der Waals surface area (Å²) in [5, 5.41) is 11.5. The van der Waals surface area contributed by atoms with Gasteiger partial charge in [-0.25, -0.2) is 4.98 Å². The molecule has 0 N–H and O–H groups in total. The Balaban J connectivity index is 1.52. The predicted octanol–water partition coefficient (Wildman–Crippen LogP) is 3.31. The average molecular weight is 367 g/mol. The van der Waals surface area contributed by atoms with Crippen LogP contribution in [0, 0.1) is 6.92 Å². The molecular weight excluding hydrogens is 344 g/mol. The number of carbonyl (C=O) groups excluding carboxylic acids is 1. The van der Waals surface area contributed by atoms with Crippen LogP contribution in [0.2, 0.25) is 0 Å². The fraction of sp³-hybridized carbons (Fsp3) is 0.625. The highest BCUT2D eigenvalue weighted by molar-refractivity contribution is 7.99. The Bertz CT molecular complexity index is 685. The number of likely N-dealkylation sites (tertiary alicyclic amines) is 1. The van der Waals surface area contributed by atoms with Crippen LogP contribution < -0.4 is 0 Å². The van der Waals surface area contributed by atoms with E-state index in [1.807, 2.05) is 17.2 Å². The fourth-order valence-corrected chi connectivity index (χ4v) is 4.25. The zero-order chi connectivity index (χ0) is 16.9. The third kappa shape index (κ3) is 4.36. The minimum atomic E-state index is 0.168. The smallest absolute Gasteiger partial charge is 0.277 e. The summed E-state index contributed by atoms with van der Waals surface area (Å²) in [6.07, 6.45) is 5.00. The molecule has 1 aliphatic rings. The van der Waals surface area contributed by atoms with Gasteiger partial charge in [0.2, 0.25) is 11.8 Å². The Kier molecular flexibility index (Phi) is 5.89. The van der Waals surface area contributed by atoms with E-state index in [9.17, 15) is 4.79 Å². The van der Waals surface area contributed by atoms with Gasteiger partial charge in [-0.1, -0.05) is 18.7 Å². The van der Waals surface area contributed by atoms with E-state index in [-0.39, 0.29) is 5.91 Å². The number of carbonyl (C=O) groups is 1. The first-order chi connectivity index (χ1) is 11.7. The van der Waals surface area contributed by atoms with Gasteiger partial charge in [-0.2, -0.15) is 0 Å². The lowest BCUT2D eigenvalue weighted by Gasteiger charge is -2.35. The highest BCUT2D eigenvalue weighted by atomic mass is 32.2. The van der Waals surface area contributed by atoms with Crippen molar-refractivity contribution in [2.75, 3.05) is 12.3 Å². The van der Waals surface area contributed by atoms with Crippen molar-refractivity contribution in [1.82, 2.24) is 20.1 Å². The second-order valence-corrected chi connectivity index (χ2v) is 7.92. The molecule has 1 unspecified atom stereocenters. The summed E-state index contributed by atoms with van der Waals surface area (Å²) in [7, 11) is 0. The molecule has 1 saturated heterocycles. The quantitative estimate of drug-likeness (QED) is 0.731. The van der Waals surface area contributed by atoms with E-state index in [2.05, 4.69) is 22.1 Å². The summed E-state index contributed by atoms with van der Waals surface area (Å²) < 4.78 is 5.62. The van der Waals surface area contributed by atoms with Gasteiger partial charge in [0.25, 0.3) is 5.22 Å². The zero-order valence-corrected chi connectivity index (χ0v) is 15.7. The van der Waals surface area contributed by atoms with E-state index >= 15 is 0 Å². The van der Waals surface area contributed by atoms with E-state index < -0.39 is 0 Å². The van der Waals surface area contributed by atoms with Gasteiger partial charge in [-0.3, -0.25) is 4.79 Å². The van der Waals surface area contributed by atoms with Crippen molar-refractivity contribution in [2.45, 2.75) is 57.2 Å². The number of aromatic nitrogens is 3. The molecule has 3 heterocycles. The van der Waals surface area contributed by atoms with Gasteiger partial charge in [0.1, 0.15) is 0 Å². The average Bonchev–Trinajstić information content (AvgIpc) is 3.21. The number of thiazole rings is 1. The van der Waals surface area contributed by atoms with E-state index in [0.717, 1.165) is 36.5 Å². The van der Waals surface area contributed by atoms with Crippen molar-refractivity contribution in [2.24, 2.45) is 0 Å². The highest BCUT2D eigenvalue weighted by Gasteiger charge is 2.25. The third-order valence-corrected chi connectivity index (χ3v) is 5.81. The van der Waals surface area contributed by atoms with E-state index in [0.29, 0.717) is 29.3 Å². The van der Waals surface area contributed by atoms with Gasteiger partial charge in [-0.15, -0.1) is 21.5 Å². The normalized spacial score (nSPS) is 18.1. The van der Waals surface area contributed by atoms with Gasteiger partial charge in [-0.05, 0) is 32.6 Å².